The van der Waals surface area contributed by atoms with E-state index in [0.29, 0.717) is 17.4 Å². The number of nitrogens with zero attached hydrogens (tertiary/aromatic N) is 4. The second kappa shape index (κ2) is 10.8. The third kappa shape index (κ3) is 5.20. The molecular weight excluding hydrogens is 484 g/mol. The van der Waals surface area contributed by atoms with Crippen molar-refractivity contribution in [1.82, 2.24) is 20.3 Å². The maximum atomic E-state index is 12.4. The lowest BCUT2D eigenvalue weighted by molar-refractivity contribution is 0.0964. The van der Waals surface area contributed by atoms with Crippen LogP contribution < -0.4 is 10.6 Å². The van der Waals surface area contributed by atoms with Gasteiger partial charge in [-0.2, -0.15) is 5.26 Å². The van der Waals surface area contributed by atoms with Gasteiger partial charge in [0.25, 0.3) is 5.91 Å². The highest BCUT2D eigenvalue weighted by Gasteiger charge is 2.44. The van der Waals surface area contributed by atoms with E-state index in [1.165, 1.54) is 0 Å². The summed E-state index contributed by atoms with van der Waals surface area (Å²) in [4.78, 5) is 25.9. The van der Waals surface area contributed by atoms with Gasteiger partial charge in [0.1, 0.15) is 12.1 Å². The molecular formula is C32H34N6O. The molecule has 0 saturated heterocycles. The molecule has 4 aromatic rings. The lowest BCUT2D eigenvalue weighted by Gasteiger charge is -2.27. The van der Waals surface area contributed by atoms with E-state index in [9.17, 15) is 10.1 Å². The molecule has 1 saturated carbocycles. The smallest absolute Gasteiger partial charge is 0.251 e. The summed E-state index contributed by atoms with van der Waals surface area (Å²) < 4.78 is 0. The molecule has 1 aliphatic rings. The van der Waals surface area contributed by atoms with Gasteiger partial charge in [-0.15, -0.1) is 0 Å². The minimum Gasteiger partial charge on any atom is -0.370 e. The van der Waals surface area contributed by atoms with Gasteiger partial charge in [0.15, 0.2) is 0 Å². The monoisotopic (exact) mass is 518 g/mol. The number of anilines is 1. The molecule has 2 N–H and O–H groups in total. The highest BCUT2D eigenvalue weighted by atomic mass is 16.1. The molecule has 39 heavy (non-hydrogen) atoms. The number of nitriles is 1. The summed E-state index contributed by atoms with van der Waals surface area (Å²) in [5, 5.41) is 16.6. The molecule has 0 aliphatic heterocycles. The molecule has 2 aromatic carbocycles. The van der Waals surface area contributed by atoms with Crippen LogP contribution in [0, 0.1) is 23.2 Å². The van der Waals surface area contributed by atoms with Crippen LogP contribution >= 0.6 is 0 Å². The van der Waals surface area contributed by atoms with Crippen LogP contribution in [0.3, 0.4) is 0 Å². The van der Waals surface area contributed by atoms with Crippen LogP contribution in [0.5, 0.6) is 0 Å². The summed E-state index contributed by atoms with van der Waals surface area (Å²) in [7, 11) is 1.65. The number of nitrogens with one attached hydrogen (secondary N) is 2. The fraction of sp³-hybridized carbons (Fsp3) is 0.344. The number of fused-ring (bicyclic) bond motifs is 1. The molecule has 0 radical (unpaired) electrons. The molecule has 7 nitrogen and oxygen atoms in total. The van der Waals surface area contributed by atoms with Crippen LogP contribution in [0.4, 0.5) is 5.82 Å². The molecule has 2 aromatic heterocycles. The Labute approximate surface area is 229 Å². The van der Waals surface area contributed by atoms with Crippen molar-refractivity contribution in [1.29, 1.82) is 5.26 Å². The number of amides is 1. The van der Waals surface area contributed by atoms with E-state index in [2.05, 4.69) is 58.5 Å². The van der Waals surface area contributed by atoms with Gasteiger partial charge in [0.2, 0.25) is 0 Å². The summed E-state index contributed by atoms with van der Waals surface area (Å²) in [6, 6.07) is 20.5. The number of carbonyl (C=O) groups is 1. The van der Waals surface area contributed by atoms with Gasteiger partial charge in [-0.05, 0) is 47.8 Å². The average molecular weight is 519 g/mol. The van der Waals surface area contributed by atoms with Crippen LogP contribution in [0.15, 0.2) is 67.1 Å². The van der Waals surface area contributed by atoms with Crippen molar-refractivity contribution in [2.24, 2.45) is 11.8 Å². The first-order chi connectivity index (χ1) is 18.9. The number of pyridine rings is 1. The molecule has 0 spiro atoms. The van der Waals surface area contributed by atoms with Crippen molar-refractivity contribution >= 4 is 22.6 Å². The Kier molecular flexibility index (Phi) is 7.30. The molecule has 198 valence electrons. The van der Waals surface area contributed by atoms with Gasteiger partial charge in [-0.25, -0.2) is 9.97 Å². The maximum Gasteiger partial charge on any atom is 0.251 e. The molecule has 0 bridgehead atoms. The predicted octanol–water partition coefficient (Wildman–Crippen LogP) is 6.09. The first-order valence-corrected chi connectivity index (χ1v) is 13.5. The molecule has 2 heterocycles. The third-order valence-electron chi connectivity index (χ3n) is 8.42. The lowest BCUT2D eigenvalue weighted by atomic mass is 9.80. The largest absolute Gasteiger partial charge is 0.370 e. The van der Waals surface area contributed by atoms with Gasteiger partial charge >= 0.3 is 0 Å². The van der Waals surface area contributed by atoms with Gasteiger partial charge < -0.3 is 10.6 Å². The summed E-state index contributed by atoms with van der Waals surface area (Å²) >= 11 is 0. The summed E-state index contributed by atoms with van der Waals surface area (Å²) in [5.41, 5.74) is 5.34. The summed E-state index contributed by atoms with van der Waals surface area (Å²) in [6.07, 6.45) is 5.18. The van der Waals surface area contributed by atoms with Gasteiger partial charge in [0.05, 0.1) is 28.3 Å². The van der Waals surface area contributed by atoms with E-state index in [0.717, 1.165) is 58.5 Å². The standard InChI is InChI=1S/C32H34N6O/c1-20(21(2)22(3)25-6-5-7-26-27(31(39)34-4)12-15-35-30(25)26)17-36-29-16-28(37-19-38-29)23-8-10-24(11-9-23)32(18-33)13-14-32/h5-12,15-16,19-22H,13-14,17H2,1-4H3,(H,34,39)(H,36,37,38)/t20?,21-,22?/m1/s1. The van der Waals surface area contributed by atoms with Crippen molar-refractivity contribution in [3.05, 3.63) is 83.8 Å². The number of benzene rings is 2. The minimum absolute atomic E-state index is 0.105. The Balaban J connectivity index is 1.27. The average Bonchev–Trinajstić information content (AvgIpc) is 3.80. The lowest BCUT2D eigenvalue weighted by Crippen LogP contribution is -2.23. The van der Waals surface area contributed by atoms with E-state index in [1.54, 1.807) is 25.6 Å². The molecule has 5 rings (SSSR count). The predicted molar refractivity (Wildman–Crippen MR) is 154 cm³/mol. The second-order valence-electron chi connectivity index (χ2n) is 10.7. The molecule has 1 fully saturated rings. The fourth-order valence-corrected chi connectivity index (χ4v) is 5.29. The Bertz CT molecular complexity index is 1540. The van der Waals surface area contributed by atoms with E-state index < -0.39 is 0 Å². The molecule has 7 heteroatoms. The van der Waals surface area contributed by atoms with Gasteiger partial charge in [-0.1, -0.05) is 63.2 Å². The number of rotatable bonds is 9. The Hall–Kier alpha value is -4.31. The zero-order valence-corrected chi connectivity index (χ0v) is 22.9. The Morgan fingerprint density at radius 1 is 1.05 bits per heavy atom. The van der Waals surface area contributed by atoms with E-state index >= 15 is 0 Å². The number of para-hydroxylation sites is 1. The van der Waals surface area contributed by atoms with E-state index in [-0.39, 0.29) is 17.2 Å². The number of hydrogen-bond donors (Lipinski definition) is 2. The van der Waals surface area contributed by atoms with Crippen LogP contribution in [0.1, 0.15) is 61.0 Å². The van der Waals surface area contributed by atoms with Crippen LogP contribution in [0.25, 0.3) is 22.2 Å². The van der Waals surface area contributed by atoms with Crippen molar-refractivity contribution in [3.63, 3.8) is 0 Å². The zero-order chi connectivity index (χ0) is 27.6. The number of hydrogen-bond acceptors (Lipinski definition) is 6. The SMILES string of the molecule is CNC(=O)c1ccnc2c(C(C)[C@H](C)C(C)CNc3cc(-c4ccc(C5(C#N)CC5)cc4)ncn3)cccc12. The normalized spacial score (nSPS) is 16.1. The molecule has 3 atom stereocenters. The van der Waals surface area contributed by atoms with Crippen LogP contribution in [0.2, 0.25) is 0 Å². The molecule has 1 amide bonds. The quantitative estimate of drug-likeness (QED) is 0.278. The topological polar surface area (TPSA) is 104 Å². The zero-order valence-electron chi connectivity index (χ0n) is 22.9. The molecule has 2 unspecified atom stereocenters. The summed E-state index contributed by atoms with van der Waals surface area (Å²) in [6.45, 7) is 7.49. The van der Waals surface area contributed by atoms with E-state index in [4.69, 9.17) is 0 Å². The van der Waals surface area contributed by atoms with Gasteiger partial charge in [0, 0.05) is 36.8 Å². The van der Waals surface area contributed by atoms with Crippen molar-refractivity contribution in [2.75, 3.05) is 18.9 Å². The second-order valence-corrected chi connectivity index (χ2v) is 10.7. The van der Waals surface area contributed by atoms with Crippen molar-refractivity contribution < 1.29 is 4.79 Å². The highest BCUT2D eigenvalue weighted by Crippen LogP contribution is 2.47. The van der Waals surface area contributed by atoms with Gasteiger partial charge in [-0.3, -0.25) is 9.78 Å². The number of aromatic nitrogens is 3. The minimum atomic E-state index is -0.282. The Morgan fingerprint density at radius 2 is 1.82 bits per heavy atom. The van der Waals surface area contributed by atoms with Crippen LogP contribution in [-0.2, 0) is 5.41 Å². The number of carbonyl (C=O) groups excluding carboxylic acids is 1. The first-order valence-electron chi connectivity index (χ1n) is 13.5. The highest BCUT2D eigenvalue weighted by molar-refractivity contribution is 6.06. The first kappa shape index (κ1) is 26.3. The maximum absolute atomic E-state index is 12.4. The van der Waals surface area contributed by atoms with Crippen molar-refractivity contribution in [3.8, 4) is 17.3 Å². The fourth-order valence-electron chi connectivity index (χ4n) is 5.29. The third-order valence-corrected chi connectivity index (χ3v) is 8.42. The van der Waals surface area contributed by atoms with Crippen molar-refractivity contribution in [2.45, 2.75) is 44.9 Å². The Morgan fingerprint density at radius 3 is 2.51 bits per heavy atom. The molecule has 1 aliphatic carbocycles. The summed E-state index contributed by atoms with van der Waals surface area (Å²) in [5.74, 6) is 1.61. The van der Waals surface area contributed by atoms with Crippen LogP contribution in [-0.4, -0.2) is 34.5 Å². The van der Waals surface area contributed by atoms with E-state index in [1.807, 2.05) is 42.5 Å².